The smallest absolute Gasteiger partial charge is 0.478 e. The van der Waals surface area contributed by atoms with E-state index in [1.165, 1.54) is 24.4 Å². The number of sulfonamides is 1. The number of rotatable bonds is 8. The van der Waals surface area contributed by atoms with Crippen molar-refractivity contribution in [2.24, 2.45) is 0 Å². The third-order valence-electron chi connectivity index (χ3n) is 4.31. The summed E-state index contributed by atoms with van der Waals surface area (Å²) < 4.78 is 59.7. The Hall–Kier alpha value is -3.35. The molecule has 33 heavy (non-hydrogen) atoms. The molecule has 0 aliphatic heterocycles. The van der Waals surface area contributed by atoms with Gasteiger partial charge in [-0.2, -0.15) is 13.2 Å². The van der Waals surface area contributed by atoms with Crippen molar-refractivity contribution in [3.8, 4) is 0 Å². The van der Waals surface area contributed by atoms with Crippen LogP contribution in [-0.4, -0.2) is 54.8 Å². The molecule has 0 bridgehead atoms. The van der Waals surface area contributed by atoms with Gasteiger partial charge in [-0.3, -0.25) is 4.72 Å². The number of carbonyl (C=O) groups is 2. The van der Waals surface area contributed by atoms with Gasteiger partial charge in [0.25, 0.3) is 10.0 Å². The fourth-order valence-corrected chi connectivity index (χ4v) is 3.58. The van der Waals surface area contributed by atoms with Gasteiger partial charge in [0.15, 0.2) is 5.82 Å². The minimum atomic E-state index is -5.08. The van der Waals surface area contributed by atoms with Crippen LogP contribution >= 0.6 is 0 Å². The third kappa shape index (κ3) is 7.93. The number of carboxylic acids is 2. The van der Waals surface area contributed by atoms with E-state index in [1.807, 2.05) is 25.7 Å². The van der Waals surface area contributed by atoms with Crippen LogP contribution in [0, 0.1) is 0 Å². The Morgan fingerprint density at radius 2 is 1.58 bits per heavy atom. The van der Waals surface area contributed by atoms with E-state index < -0.39 is 28.1 Å². The summed E-state index contributed by atoms with van der Waals surface area (Å²) >= 11 is 0. The van der Waals surface area contributed by atoms with Gasteiger partial charge < -0.3 is 15.1 Å². The number of hydrogen-bond acceptors (Lipinski definition) is 6. The molecule has 0 amide bonds. The molecule has 0 spiro atoms. The first kappa shape index (κ1) is 27.7. The number of nitrogens with one attached hydrogen (secondary N) is 1. The number of alkyl halides is 3. The average molecular weight is 491 g/mol. The monoisotopic (exact) mass is 491 g/mol. The van der Waals surface area contributed by atoms with Crippen LogP contribution in [0.4, 0.5) is 24.7 Å². The predicted octanol–water partition coefficient (Wildman–Crippen LogP) is 3.62. The lowest BCUT2D eigenvalue weighted by Crippen LogP contribution is -2.25. The van der Waals surface area contributed by atoms with Crippen LogP contribution in [-0.2, 0) is 21.2 Å². The van der Waals surface area contributed by atoms with Gasteiger partial charge in [0.1, 0.15) is 0 Å². The zero-order valence-electron chi connectivity index (χ0n) is 18.0. The number of halogens is 3. The molecule has 0 unspecified atom stereocenters. The second-order valence-electron chi connectivity index (χ2n) is 6.48. The summed E-state index contributed by atoms with van der Waals surface area (Å²) in [7, 11) is -3.86. The first-order valence-corrected chi connectivity index (χ1v) is 11.1. The molecule has 182 valence electrons. The lowest BCUT2D eigenvalue weighted by molar-refractivity contribution is -0.192. The van der Waals surface area contributed by atoms with Crippen molar-refractivity contribution in [2.75, 3.05) is 22.7 Å². The van der Waals surface area contributed by atoms with Crippen LogP contribution in [0.25, 0.3) is 0 Å². The minimum Gasteiger partial charge on any atom is -0.478 e. The average Bonchev–Trinajstić information content (AvgIpc) is 2.75. The summed E-state index contributed by atoms with van der Waals surface area (Å²) in [5.41, 5.74) is 1.09. The molecule has 0 aliphatic carbocycles. The SMILES string of the molecule is CCc1ccc(S(=O)(=O)Nc2cc(C(=O)O)cnc2N(CC)CC)cc1.O=C(O)C(F)(F)F. The molecule has 2 rings (SSSR count). The van der Waals surface area contributed by atoms with E-state index in [-0.39, 0.29) is 16.1 Å². The summed E-state index contributed by atoms with van der Waals surface area (Å²) in [5, 5.41) is 16.3. The summed E-state index contributed by atoms with van der Waals surface area (Å²) in [6, 6.07) is 7.87. The van der Waals surface area contributed by atoms with Crippen molar-refractivity contribution in [1.29, 1.82) is 0 Å². The molecule has 1 aromatic heterocycles. The highest BCUT2D eigenvalue weighted by molar-refractivity contribution is 7.92. The predicted molar refractivity (Wildman–Crippen MR) is 115 cm³/mol. The number of pyridine rings is 1. The number of benzene rings is 1. The maximum Gasteiger partial charge on any atom is 0.490 e. The second-order valence-corrected chi connectivity index (χ2v) is 8.16. The molecule has 0 saturated carbocycles. The zero-order chi connectivity index (χ0) is 25.4. The number of aromatic carboxylic acids is 1. The molecular formula is C20H24F3N3O6S. The molecule has 9 nitrogen and oxygen atoms in total. The van der Waals surface area contributed by atoms with Gasteiger partial charge in [-0.05, 0) is 44.0 Å². The number of aromatic nitrogens is 1. The van der Waals surface area contributed by atoms with E-state index in [0.717, 1.165) is 12.0 Å². The molecule has 1 aromatic carbocycles. The number of nitrogens with zero attached hydrogens (tertiary/aromatic N) is 2. The Morgan fingerprint density at radius 1 is 1.06 bits per heavy atom. The highest BCUT2D eigenvalue weighted by Crippen LogP contribution is 2.27. The lowest BCUT2D eigenvalue weighted by Gasteiger charge is -2.23. The van der Waals surface area contributed by atoms with Crippen molar-refractivity contribution >= 4 is 33.5 Å². The molecular weight excluding hydrogens is 467 g/mol. The van der Waals surface area contributed by atoms with E-state index in [9.17, 15) is 31.5 Å². The van der Waals surface area contributed by atoms with Crippen molar-refractivity contribution in [3.05, 3.63) is 47.7 Å². The number of hydrogen-bond donors (Lipinski definition) is 3. The van der Waals surface area contributed by atoms with Crippen LogP contribution in [0.3, 0.4) is 0 Å². The number of aliphatic carboxylic acids is 1. The number of carboxylic acid groups (broad SMARTS) is 2. The van der Waals surface area contributed by atoms with Crippen LogP contribution in [0.5, 0.6) is 0 Å². The lowest BCUT2D eigenvalue weighted by atomic mass is 10.2. The summed E-state index contributed by atoms with van der Waals surface area (Å²) in [5.74, 6) is -3.53. The van der Waals surface area contributed by atoms with Crippen molar-refractivity contribution < 1.29 is 41.4 Å². The van der Waals surface area contributed by atoms with E-state index in [0.29, 0.717) is 18.9 Å². The second kappa shape index (κ2) is 11.5. The van der Waals surface area contributed by atoms with E-state index in [4.69, 9.17) is 9.90 Å². The normalized spacial score (nSPS) is 11.2. The number of aryl methyl sites for hydroxylation is 1. The maximum absolute atomic E-state index is 12.7. The summed E-state index contributed by atoms with van der Waals surface area (Å²) in [4.78, 5) is 26.3. The van der Waals surface area contributed by atoms with Crippen molar-refractivity contribution in [1.82, 2.24) is 4.98 Å². The molecule has 0 atom stereocenters. The molecule has 0 radical (unpaired) electrons. The van der Waals surface area contributed by atoms with Crippen LogP contribution < -0.4 is 9.62 Å². The Labute approximate surface area is 188 Å². The minimum absolute atomic E-state index is 0.0834. The Balaban J connectivity index is 0.000000675. The van der Waals surface area contributed by atoms with Gasteiger partial charge in [-0.25, -0.2) is 23.0 Å². The van der Waals surface area contributed by atoms with Gasteiger partial charge in [0.2, 0.25) is 0 Å². The Morgan fingerprint density at radius 3 is 1.97 bits per heavy atom. The molecule has 0 saturated heterocycles. The van der Waals surface area contributed by atoms with Crippen molar-refractivity contribution in [3.63, 3.8) is 0 Å². The molecule has 13 heteroatoms. The van der Waals surface area contributed by atoms with Crippen molar-refractivity contribution in [2.45, 2.75) is 38.3 Å². The van der Waals surface area contributed by atoms with Gasteiger partial charge in [0.05, 0.1) is 16.1 Å². The quantitative estimate of drug-likeness (QED) is 0.509. The van der Waals surface area contributed by atoms with Crippen LogP contribution in [0.2, 0.25) is 0 Å². The molecule has 3 N–H and O–H groups in total. The largest absolute Gasteiger partial charge is 0.490 e. The first-order valence-electron chi connectivity index (χ1n) is 9.66. The molecule has 2 aromatic rings. The molecule has 0 fully saturated rings. The fraction of sp³-hybridized carbons (Fsp3) is 0.350. The highest BCUT2D eigenvalue weighted by atomic mass is 32.2. The topological polar surface area (TPSA) is 137 Å². The molecule has 1 heterocycles. The van der Waals surface area contributed by atoms with Gasteiger partial charge in [0, 0.05) is 19.3 Å². The van der Waals surface area contributed by atoms with E-state index >= 15 is 0 Å². The summed E-state index contributed by atoms with van der Waals surface area (Å²) in [6.07, 6.45) is -3.05. The standard InChI is InChI=1S/C18H23N3O4S.C2HF3O2/c1-4-13-7-9-15(10-8-13)26(24,25)20-16-11-14(18(22)23)12-19-17(16)21(5-2)6-3;3-2(4,5)1(6)7/h7-12,20H,4-6H2,1-3H3,(H,22,23);(H,6,7). The van der Waals surface area contributed by atoms with Gasteiger partial charge in [-0.1, -0.05) is 19.1 Å². The fourth-order valence-electron chi connectivity index (χ4n) is 2.53. The maximum atomic E-state index is 12.7. The number of anilines is 2. The first-order chi connectivity index (χ1) is 15.3. The van der Waals surface area contributed by atoms with E-state index in [2.05, 4.69) is 9.71 Å². The van der Waals surface area contributed by atoms with Gasteiger partial charge in [-0.15, -0.1) is 0 Å². The highest BCUT2D eigenvalue weighted by Gasteiger charge is 2.38. The van der Waals surface area contributed by atoms with Gasteiger partial charge >= 0.3 is 18.1 Å². The Kier molecular flexibility index (Phi) is 9.64. The third-order valence-corrected chi connectivity index (χ3v) is 5.69. The molecule has 0 aliphatic rings. The Bertz CT molecular complexity index is 1070. The summed E-state index contributed by atoms with van der Waals surface area (Å²) in [6.45, 7) is 7.03. The van der Waals surface area contributed by atoms with Crippen LogP contribution in [0.1, 0.15) is 36.7 Å². The zero-order valence-corrected chi connectivity index (χ0v) is 18.9. The van der Waals surface area contributed by atoms with E-state index in [1.54, 1.807) is 12.1 Å². The van der Waals surface area contributed by atoms with Crippen LogP contribution in [0.15, 0.2) is 41.4 Å².